The third-order valence-electron chi connectivity index (χ3n) is 2.55. The second kappa shape index (κ2) is 5.32. The van der Waals surface area contributed by atoms with E-state index in [9.17, 15) is 4.79 Å². The van der Waals surface area contributed by atoms with Crippen LogP contribution in [0.4, 0.5) is 0 Å². The molecule has 0 saturated carbocycles. The Balaban J connectivity index is 2.49. The lowest BCUT2D eigenvalue weighted by molar-refractivity contribution is -0.145. The van der Waals surface area contributed by atoms with E-state index in [2.05, 4.69) is 12.2 Å². The Morgan fingerprint density at radius 1 is 1.71 bits per heavy atom. The van der Waals surface area contributed by atoms with Crippen LogP contribution in [0, 0.1) is 0 Å². The van der Waals surface area contributed by atoms with E-state index in [0.29, 0.717) is 6.61 Å². The van der Waals surface area contributed by atoms with Crippen LogP contribution in [0.25, 0.3) is 0 Å². The lowest BCUT2D eigenvalue weighted by atomic mass is 10.2. The van der Waals surface area contributed by atoms with Gasteiger partial charge < -0.3 is 15.0 Å². The van der Waals surface area contributed by atoms with E-state index in [4.69, 9.17) is 4.74 Å². The van der Waals surface area contributed by atoms with Crippen molar-refractivity contribution in [1.29, 1.82) is 0 Å². The molecule has 4 nitrogen and oxygen atoms in total. The Hall–Kier alpha value is -0.610. The van der Waals surface area contributed by atoms with Crippen LogP contribution in [-0.2, 0) is 9.53 Å². The number of carbonyl (C=O) groups is 1. The summed E-state index contributed by atoms with van der Waals surface area (Å²) >= 11 is 0. The largest absolute Gasteiger partial charge is 0.369 e. The SMILES string of the molecule is CCOC(C)C(=O)N1CCNC[C@@H]1C. The molecule has 0 aromatic carbocycles. The maximum absolute atomic E-state index is 11.9. The van der Waals surface area contributed by atoms with Crippen molar-refractivity contribution in [1.82, 2.24) is 10.2 Å². The minimum atomic E-state index is -0.305. The third kappa shape index (κ3) is 2.69. The number of hydrogen-bond acceptors (Lipinski definition) is 3. The molecule has 0 aliphatic carbocycles. The summed E-state index contributed by atoms with van der Waals surface area (Å²) in [6.45, 7) is 8.93. The highest BCUT2D eigenvalue weighted by atomic mass is 16.5. The monoisotopic (exact) mass is 200 g/mol. The van der Waals surface area contributed by atoms with Gasteiger partial charge in [0.05, 0.1) is 0 Å². The van der Waals surface area contributed by atoms with Crippen LogP contribution in [0.3, 0.4) is 0 Å². The predicted octanol–water partition coefficient (Wildman–Crippen LogP) is 0.232. The molecule has 0 radical (unpaired) electrons. The van der Waals surface area contributed by atoms with Crippen LogP contribution in [0.15, 0.2) is 0 Å². The van der Waals surface area contributed by atoms with E-state index in [1.807, 2.05) is 18.7 Å². The van der Waals surface area contributed by atoms with E-state index in [1.165, 1.54) is 0 Å². The third-order valence-corrected chi connectivity index (χ3v) is 2.55. The molecule has 0 bridgehead atoms. The molecule has 0 aromatic rings. The minimum absolute atomic E-state index is 0.112. The molecular weight excluding hydrogens is 180 g/mol. The van der Waals surface area contributed by atoms with E-state index >= 15 is 0 Å². The van der Waals surface area contributed by atoms with Crippen molar-refractivity contribution in [2.45, 2.75) is 32.9 Å². The number of carbonyl (C=O) groups excluding carboxylic acids is 1. The molecule has 1 N–H and O–H groups in total. The average molecular weight is 200 g/mol. The van der Waals surface area contributed by atoms with Gasteiger partial charge in [0.1, 0.15) is 6.10 Å². The Morgan fingerprint density at radius 3 is 3.00 bits per heavy atom. The van der Waals surface area contributed by atoms with Gasteiger partial charge in [-0.15, -0.1) is 0 Å². The highest BCUT2D eigenvalue weighted by molar-refractivity contribution is 5.81. The summed E-state index contributed by atoms with van der Waals surface area (Å²) in [7, 11) is 0. The number of ether oxygens (including phenoxy) is 1. The van der Waals surface area contributed by atoms with Gasteiger partial charge in [-0.3, -0.25) is 4.79 Å². The second-order valence-corrected chi connectivity index (χ2v) is 3.68. The normalized spacial score (nSPS) is 24.8. The smallest absolute Gasteiger partial charge is 0.251 e. The maximum atomic E-state index is 11.9. The molecule has 82 valence electrons. The minimum Gasteiger partial charge on any atom is -0.369 e. The molecule has 4 heteroatoms. The van der Waals surface area contributed by atoms with E-state index in [0.717, 1.165) is 19.6 Å². The Kier molecular flexibility index (Phi) is 4.35. The number of amides is 1. The lowest BCUT2D eigenvalue weighted by Gasteiger charge is -2.35. The number of hydrogen-bond donors (Lipinski definition) is 1. The molecule has 0 spiro atoms. The molecule has 2 atom stereocenters. The van der Waals surface area contributed by atoms with Crippen molar-refractivity contribution in [2.24, 2.45) is 0 Å². The Labute approximate surface area is 85.6 Å². The zero-order chi connectivity index (χ0) is 10.6. The molecule has 1 fully saturated rings. The van der Waals surface area contributed by atoms with E-state index in [-0.39, 0.29) is 18.1 Å². The van der Waals surface area contributed by atoms with Crippen molar-refractivity contribution in [3.8, 4) is 0 Å². The van der Waals surface area contributed by atoms with Crippen LogP contribution in [0.1, 0.15) is 20.8 Å². The molecule has 1 unspecified atom stereocenters. The van der Waals surface area contributed by atoms with Crippen molar-refractivity contribution in [2.75, 3.05) is 26.2 Å². The fraction of sp³-hybridized carbons (Fsp3) is 0.900. The second-order valence-electron chi connectivity index (χ2n) is 3.68. The van der Waals surface area contributed by atoms with Crippen LogP contribution in [0.5, 0.6) is 0 Å². The number of nitrogens with zero attached hydrogens (tertiary/aromatic N) is 1. The van der Waals surface area contributed by atoms with Gasteiger partial charge >= 0.3 is 0 Å². The van der Waals surface area contributed by atoms with Crippen molar-refractivity contribution >= 4 is 5.91 Å². The van der Waals surface area contributed by atoms with Gasteiger partial charge in [0.15, 0.2) is 0 Å². The van der Waals surface area contributed by atoms with Gasteiger partial charge in [-0.25, -0.2) is 0 Å². The van der Waals surface area contributed by atoms with Gasteiger partial charge in [0.2, 0.25) is 0 Å². The summed E-state index contributed by atoms with van der Waals surface area (Å²) < 4.78 is 5.29. The Bertz CT molecular complexity index is 197. The molecule has 0 aromatic heterocycles. The Morgan fingerprint density at radius 2 is 2.43 bits per heavy atom. The van der Waals surface area contributed by atoms with E-state index in [1.54, 1.807) is 0 Å². The van der Waals surface area contributed by atoms with Gasteiger partial charge in [-0.05, 0) is 20.8 Å². The van der Waals surface area contributed by atoms with Crippen molar-refractivity contribution in [3.63, 3.8) is 0 Å². The summed E-state index contributed by atoms with van der Waals surface area (Å²) in [6, 6.07) is 0.277. The van der Waals surface area contributed by atoms with Crippen LogP contribution in [0.2, 0.25) is 0 Å². The number of piperazine rings is 1. The predicted molar refractivity (Wildman–Crippen MR) is 55.1 cm³/mol. The molecule has 14 heavy (non-hydrogen) atoms. The number of rotatable bonds is 3. The summed E-state index contributed by atoms with van der Waals surface area (Å²) in [5, 5.41) is 3.26. The first-order valence-electron chi connectivity index (χ1n) is 5.29. The molecule has 1 heterocycles. The first-order chi connectivity index (χ1) is 6.66. The summed E-state index contributed by atoms with van der Waals surface area (Å²) in [5.41, 5.74) is 0. The quantitative estimate of drug-likeness (QED) is 0.709. The first kappa shape index (κ1) is 11.5. The van der Waals surface area contributed by atoms with E-state index < -0.39 is 0 Å². The highest BCUT2D eigenvalue weighted by Gasteiger charge is 2.26. The number of nitrogens with one attached hydrogen (secondary N) is 1. The van der Waals surface area contributed by atoms with Crippen LogP contribution < -0.4 is 5.32 Å². The molecule has 1 rings (SSSR count). The zero-order valence-corrected chi connectivity index (χ0v) is 9.25. The van der Waals surface area contributed by atoms with Crippen molar-refractivity contribution < 1.29 is 9.53 Å². The lowest BCUT2D eigenvalue weighted by Crippen LogP contribution is -2.54. The molecule has 1 aliphatic rings. The van der Waals surface area contributed by atoms with Gasteiger partial charge in [-0.1, -0.05) is 0 Å². The maximum Gasteiger partial charge on any atom is 0.251 e. The highest BCUT2D eigenvalue weighted by Crippen LogP contribution is 2.06. The summed E-state index contributed by atoms with van der Waals surface area (Å²) in [4.78, 5) is 13.8. The fourth-order valence-corrected chi connectivity index (χ4v) is 1.72. The van der Waals surface area contributed by atoms with Gasteiger partial charge in [0.25, 0.3) is 5.91 Å². The standard InChI is InChI=1S/C10H20N2O2/c1-4-14-9(3)10(13)12-6-5-11-7-8(12)2/h8-9,11H,4-7H2,1-3H3/t8-,9?/m0/s1. The summed E-state index contributed by atoms with van der Waals surface area (Å²) in [6.07, 6.45) is -0.305. The molecule has 1 aliphatic heterocycles. The van der Waals surface area contributed by atoms with Gasteiger partial charge in [-0.2, -0.15) is 0 Å². The first-order valence-corrected chi connectivity index (χ1v) is 5.29. The molecule has 1 amide bonds. The topological polar surface area (TPSA) is 41.6 Å². The van der Waals surface area contributed by atoms with Crippen LogP contribution in [-0.4, -0.2) is 49.2 Å². The molecular formula is C10H20N2O2. The average Bonchev–Trinajstić information content (AvgIpc) is 2.18. The molecule has 1 saturated heterocycles. The van der Waals surface area contributed by atoms with Crippen molar-refractivity contribution in [3.05, 3.63) is 0 Å². The van der Waals surface area contributed by atoms with Crippen LogP contribution >= 0.6 is 0 Å². The zero-order valence-electron chi connectivity index (χ0n) is 9.25. The van der Waals surface area contributed by atoms with Gasteiger partial charge in [0, 0.05) is 32.3 Å². The fourth-order valence-electron chi connectivity index (χ4n) is 1.72. The summed E-state index contributed by atoms with van der Waals surface area (Å²) in [5.74, 6) is 0.112.